The van der Waals surface area contributed by atoms with Gasteiger partial charge < -0.3 is 10.2 Å². The van der Waals surface area contributed by atoms with Crippen LogP contribution in [0.4, 0.5) is 5.82 Å². The van der Waals surface area contributed by atoms with Crippen LogP contribution in [-0.2, 0) is 6.54 Å². The molecule has 5 heteroatoms. The highest BCUT2D eigenvalue weighted by Crippen LogP contribution is 2.18. The third-order valence-corrected chi connectivity index (χ3v) is 4.12. The Balaban J connectivity index is 1.96. The highest BCUT2D eigenvalue weighted by Gasteiger charge is 2.27. The van der Waals surface area contributed by atoms with Crippen molar-refractivity contribution in [2.75, 3.05) is 31.6 Å². The molecular weight excluding hydrogens is 250 g/mol. The third-order valence-electron chi connectivity index (χ3n) is 4.12. The van der Waals surface area contributed by atoms with Crippen LogP contribution in [0.3, 0.4) is 0 Å². The largest absolute Gasteiger partial charge is 0.352 e. The maximum atomic E-state index is 4.39. The summed E-state index contributed by atoms with van der Waals surface area (Å²) in [5, 5.41) is 12.1. The van der Waals surface area contributed by atoms with Crippen molar-refractivity contribution in [2.45, 2.75) is 45.8 Å². The Morgan fingerprint density at radius 2 is 1.90 bits per heavy atom. The van der Waals surface area contributed by atoms with Crippen molar-refractivity contribution in [2.24, 2.45) is 0 Å². The van der Waals surface area contributed by atoms with Gasteiger partial charge in [-0.15, -0.1) is 5.10 Å². The van der Waals surface area contributed by atoms with Gasteiger partial charge in [0, 0.05) is 31.7 Å². The van der Waals surface area contributed by atoms with Crippen molar-refractivity contribution in [3.8, 4) is 0 Å². The van der Waals surface area contributed by atoms with Gasteiger partial charge in [0.2, 0.25) is 0 Å². The minimum atomic E-state index is 0.548. The fourth-order valence-electron chi connectivity index (χ4n) is 2.60. The number of anilines is 1. The predicted octanol–water partition coefficient (Wildman–Crippen LogP) is 1.50. The summed E-state index contributed by atoms with van der Waals surface area (Å²) in [7, 11) is 2.20. The first-order chi connectivity index (χ1) is 9.61. The molecule has 1 N–H and O–H groups in total. The quantitative estimate of drug-likeness (QED) is 0.827. The van der Waals surface area contributed by atoms with E-state index < -0.39 is 0 Å². The topological polar surface area (TPSA) is 44.3 Å². The van der Waals surface area contributed by atoms with Gasteiger partial charge in [-0.1, -0.05) is 6.92 Å². The normalized spacial score (nSPS) is 24.1. The zero-order valence-electron chi connectivity index (χ0n) is 13.1. The second kappa shape index (κ2) is 6.99. The molecule has 2 heterocycles. The lowest BCUT2D eigenvalue weighted by atomic mass is 10.1. The Bertz CT molecular complexity index is 393. The van der Waals surface area contributed by atoms with Crippen LogP contribution in [0.5, 0.6) is 0 Å². The summed E-state index contributed by atoms with van der Waals surface area (Å²) in [6.07, 6.45) is 1.14. The molecule has 1 aliphatic heterocycles. The minimum absolute atomic E-state index is 0.548. The van der Waals surface area contributed by atoms with Crippen molar-refractivity contribution in [1.82, 2.24) is 20.4 Å². The summed E-state index contributed by atoms with van der Waals surface area (Å²) in [5.74, 6) is 0.996. The van der Waals surface area contributed by atoms with Crippen molar-refractivity contribution in [3.63, 3.8) is 0 Å². The lowest BCUT2D eigenvalue weighted by Crippen LogP contribution is -2.55. The highest BCUT2D eigenvalue weighted by molar-refractivity contribution is 5.38. The van der Waals surface area contributed by atoms with Crippen LogP contribution < -0.4 is 10.2 Å². The lowest BCUT2D eigenvalue weighted by Gasteiger charge is -2.42. The Morgan fingerprint density at radius 1 is 1.20 bits per heavy atom. The zero-order chi connectivity index (χ0) is 14.5. The Morgan fingerprint density at radius 3 is 2.45 bits per heavy atom. The molecule has 0 aromatic carbocycles. The van der Waals surface area contributed by atoms with Gasteiger partial charge in [-0.3, -0.25) is 4.90 Å². The monoisotopic (exact) mass is 277 g/mol. The van der Waals surface area contributed by atoms with E-state index in [1.807, 2.05) is 0 Å². The molecule has 1 aromatic heterocycles. The summed E-state index contributed by atoms with van der Waals surface area (Å²) < 4.78 is 0. The van der Waals surface area contributed by atoms with Crippen LogP contribution in [0, 0.1) is 0 Å². The SMILES string of the molecule is CCCNCc1ccc(N2CC(C)N(C)C(C)C2)nn1. The molecule has 0 amide bonds. The van der Waals surface area contributed by atoms with Crippen molar-refractivity contribution < 1.29 is 0 Å². The molecule has 0 radical (unpaired) electrons. The number of piperazine rings is 1. The number of aromatic nitrogens is 2. The van der Waals surface area contributed by atoms with E-state index in [1.54, 1.807) is 0 Å². The summed E-state index contributed by atoms with van der Waals surface area (Å²) in [6.45, 7) is 10.6. The molecule has 0 aliphatic carbocycles. The van der Waals surface area contributed by atoms with Gasteiger partial charge in [0.15, 0.2) is 5.82 Å². The first-order valence-corrected chi connectivity index (χ1v) is 7.62. The van der Waals surface area contributed by atoms with E-state index in [2.05, 4.69) is 65.3 Å². The predicted molar refractivity (Wildman–Crippen MR) is 82.9 cm³/mol. The van der Waals surface area contributed by atoms with Gasteiger partial charge >= 0.3 is 0 Å². The molecule has 20 heavy (non-hydrogen) atoms. The Hall–Kier alpha value is -1.20. The standard InChI is InChI=1S/C15H27N5/c1-5-8-16-9-14-6-7-15(18-17-14)20-10-12(2)19(4)13(3)11-20/h6-7,12-13,16H,5,8-11H2,1-4H3. The smallest absolute Gasteiger partial charge is 0.151 e. The van der Waals surface area contributed by atoms with Gasteiger partial charge in [-0.05, 0) is 46.0 Å². The molecule has 5 nitrogen and oxygen atoms in total. The fourth-order valence-corrected chi connectivity index (χ4v) is 2.60. The van der Waals surface area contributed by atoms with E-state index in [0.29, 0.717) is 12.1 Å². The summed E-state index contributed by atoms with van der Waals surface area (Å²) in [6, 6.07) is 5.28. The second-order valence-corrected chi connectivity index (χ2v) is 5.83. The van der Waals surface area contributed by atoms with Crippen LogP contribution in [-0.4, -0.2) is 53.9 Å². The number of hydrogen-bond acceptors (Lipinski definition) is 5. The van der Waals surface area contributed by atoms with Gasteiger partial charge in [-0.25, -0.2) is 0 Å². The average molecular weight is 277 g/mol. The van der Waals surface area contributed by atoms with Gasteiger partial charge in [0.05, 0.1) is 5.69 Å². The minimum Gasteiger partial charge on any atom is -0.352 e. The molecule has 2 unspecified atom stereocenters. The molecule has 1 fully saturated rings. The van der Waals surface area contributed by atoms with Crippen LogP contribution in [0.25, 0.3) is 0 Å². The Labute approximate surface area is 122 Å². The summed E-state index contributed by atoms with van der Waals surface area (Å²) >= 11 is 0. The molecule has 0 spiro atoms. The number of hydrogen-bond donors (Lipinski definition) is 1. The van der Waals surface area contributed by atoms with Gasteiger partial charge in [-0.2, -0.15) is 5.10 Å². The van der Waals surface area contributed by atoms with Crippen LogP contribution in [0.15, 0.2) is 12.1 Å². The third kappa shape index (κ3) is 3.67. The molecule has 0 bridgehead atoms. The Kier molecular flexibility index (Phi) is 5.31. The maximum Gasteiger partial charge on any atom is 0.151 e. The molecule has 1 aliphatic rings. The van der Waals surface area contributed by atoms with Gasteiger partial charge in [0.25, 0.3) is 0 Å². The fraction of sp³-hybridized carbons (Fsp3) is 0.733. The van der Waals surface area contributed by atoms with Gasteiger partial charge in [0.1, 0.15) is 0 Å². The molecular formula is C15H27N5. The van der Waals surface area contributed by atoms with Crippen LogP contribution in [0.2, 0.25) is 0 Å². The van der Waals surface area contributed by atoms with Crippen LogP contribution in [0.1, 0.15) is 32.9 Å². The molecule has 112 valence electrons. The van der Waals surface area contributed by atoms with E-state index in [9.17, 15) is 0 Å². The first-order valence-electron chi connectivity index (χ1n) is 7.62. The number of likely N-dealkylation sites (N-methyl/N-ethyl adjacent to an activating group) is 1. The molecule has 1 saturated heterocycles. The van der Waals surface area contributed by atoms with Crippen molar-refractivity contribution in [1.29, 1.82) is 0 Å². The molecule has 0 saturated carbocycles. The second-order valence-electron chi connectivity index (χ2n) is 5.83. The molecule has 2 atom stereocenters. The van der Waals surface area contributed by atoms with E-state index >= 15 is 0 Å². The zero-order valence-corrected chi connectivity index (χ0v) is 13.1. The van der Waals surface area contributed by atoms with Crippen molar-refractivity contribution >= 4 is 5.82 Å². The van der Waals surface area contributed by atoms with E-state index in [1.165, 1.54) is 0 Å². The lowest BCUT2D eigenvalue weighted by molar-refractivity contribution is 0.169. The van der Waals surface area contributed by atoms with E-state index in [4.69, 9.17) is 0 Å². The maximum absolute atomic E-state index is 4.39. The number of rotatable bonds is 5. The van der Waals surface area contributed by atoms with E-state index in [0.717, 1.165) is 44.1 Å². The van der Waals surface area contributed by atoms with E-state index in [-0.39, 0.29) is 0 Å². The number of nitrogens with one attached hydrogen (secondary N) is 1. The van der Waals surface area contributed by atoms with Crippen LogP contribution >= 0.6 is 0 Å². The first kappa shape index (κ1) is 15.2. The van der Waals surface area contributed by atoms with Crippen molar-refractivity contribution in [3.05, 3.63) is 17.8 Å². The summed E-state index contributed by atoms with van der Waals surface area (Å²) in [4.78, 5) is 4.76. The summed E-state index contributed by atoms with van der Waals surface area (Å²) in [5.41, 5.74) is 1.01. The number of nitrogens with zero attached hydrogens (tertiary/aromatic N) is 4. The average Bonchev–Trinajstić information content (AvgIpc) is 2.45. The highest BCUT2D eigenvalue weighted by atomic mass is 15.3. The molecule has 2 rings (SSSR count). The molecule has 1 aromatic rings.